The SMILES string of the molecule is COc1ccc(C(=O)NCCc2cccnc2)cc1O. The number of hydrogen-bond acceptors (Lipinski definition) is 4. The summed E-state index contributed by atoms with van der Waals surface area (Å²) in [6, 6.07) is 8.37. The van der Waals surface area contributed by atoms with E-state index in [0.717, 1.165) is 5.56 Å². The van der Waals surface area contributed by atoms with E-state index in [0.29, 0.717) is 24.3 Å². The number of aromatic nitrogens is 1. The molecule has 2 N–H and O–H groups in total. The number of nitrogens with one attached hydrogen (secondary N) is 1. The molecule has 0 saturated carbocycles. The van der Waals surface area contributed by atoms with Crippen LogP contribution in [0.3, 0.4) is 0 Å². The Morgan fingerprint density at radius 1 is 1.40 bits per heavy atom. The number of phenols is 1. The van der Waals surface area contributed by atoms with Gasteiger partial charge in [0.25, 0.3) is 5.91 Å². The van der Waals surface area contributed by atoms with Gasteiger partial charge in [-0.15, -0.1) is 0 Å². The van der Waals surface area contributed by atoms with Crippen LogP contribution in [0.1, 0.15) is 15.9 Å². The molecule has 0 saturated heterocycles. The summed E-state index contributed by atoms with van der Waals surface area (Å²) in [5, 5.41) is 12.4. The Kier molecular flexibility index (Phi) is 4.55. The minimum atomic E-state index is -0.230. The first-order valence-corrected chi connectivity index (χ1v) is 6.25. The number of benzene rings is 1. The zero-order valence-corrected chi connectivity index (χ0v) is 11.2. The van der Waals surface area contributed by atoms with Gasteiger partial charge in [0, 0.05) is 24.5 Å². The highest BCUT2D eigenvalue weighted by atomic mass is 16.5. The van der Waals surface area contributed by atoms with Crippen molar-refractivity contribution in [1.82, 2.24) is 10.3 Å². The summed E-state index contributed by atoms with van der Waals surface area (Å²) in [5.74, 6) is 0.0659. The van der Waals surface area contributed by atoms with Crippen LogP contribution < -0.4 is 10.1 Å². The topological polar surface area (TPSA) is 71.5 Å². The number of ether oxygens (including phenoxy) is 1. The minimum absolute atomic E-state index is 0.0487. The maximum Gasteiger partial charge on any atom is 0.251 e. The van der Waals surface area contributed by atoms with E-state index in [9.17, 15) is 9.90 Å². The van der Waals surface area contributed by atoms with Crippen molar-refractivity contribution in [3.05, 3.63) is 53.9 Å². The number of phenolic OH excluding ortho intramolecular Hbond substituents is 1. The number of methoxy groups -OCH3 is 1. The Hall–Kier alpha value is -2.56. The molecular formula is C15H16N2O3. The maximum atomic E-state index is 11.9. The highest BCUT2D eigenvalue weighted by molar-refractivity contribution is 5.94. The van der Waals surface area contributed by atoms with Crippen LogP contribution in [0.25, 0.3) is 0 Å². The van der Waals surface area contributed by atoms with Crippen LogP contribution in [-0.2, 0) is 6.42 Å². The van der Waals surface area contributed by atoms with E-state index in [1.807, 2.05) is 12.1 Å². The molecule has 0 aliphatic rings. The molecular weight excluding hydrogens is 256 g/mol. The Morgan fingerprint density at radius 2 is 2.25 bits per heavy atom. The van der Waals surface area contributed by atoms with Crippen LogP contribution in [0, 0.1) is 0 Å². The molecule has 0 radical (unpaired) electrons. The Labute approximate surface area is 117 Å². The van der Waals surface area contributed by atoms with Crippen molar-refractivity contribution in [2.45, 2.75) is 6.42 Å². The van der Waals surface area contributed by atoms with Gasteiger partial charge in [-0.3, -0.25) is 9.78 Å². The first-order chi connectivity index (χ1) is 9.70. The van der Waals surface area contributed by atoms with Crippen LogP contribution in [0.15, 0.2) is 42.7 Å². The van der Waals surface area contributed by atoms with Crippen molar-refractivity contribution in [2.24, 2.45) is 0 Å². The summed E-state index contributed by atoms with van der Waals surface area (Å²) in [4.78, 5) is 15.9. The number of hydrogen-bond donors (Lipinski definition) is 2. The standard InChI is InChI=1S/C15H16N2O3/c1-20-14-5-4-12(9-13(14)18)15(19)17-8-6-11-3-2-7-16-10-11/h2-5,7,9-10,18H,6,8H2,1H3,(H,17,19). The zero-order valence-electron chi connectivity index (χ0n) is 11.2. The molecule has 1 aromatic carbocycles. The molecule has 5 heteroatoms. The van der Waals surface area contributed by atoms with Gasteiger partial charge in [0.1, 0.15) is 0 Å². The largest absolute Gasteiger partial charge is 0.504 e. The Bertz CT molecular complexity index is 585. The lowest BCUT2D eigenvalue weighted by atomic mass is 10.1. The number of carbonyl (C=O) groups is 1. The fraction of sp³-hybridized carbons (Fsp3) is 0.200. The highest BCUT2D eigenvalue weighted by Gasteiger charge is 2.09. The third-order valence-corrected chi connectivity index (χ3v) is 2.86. The third-order valence-electron chi connectivity index (χ3n) is 2.86. The number of nitrogens with zero attached hydrogens (tertiary/aromatic N) is 1. The molecule has 0 spiro atoms. The summed E-state index contributed by atoms with van der Waals surface area (Å²) < 4.78 is 4.93. The average molecular weight is 272 g/mol. The molecule has 2 aromatic rings. The van der Waals surface area contributed by atoms with Crippen LogP contribution in [-0.4, -0.2) is 29.7 Å². The second kappa shape index (κ2) is 6.56. The van der Waals surface area contributed by atoms with Gasteiger partial charge in [0.2, 0.25) is 0 Å². The lowest BCUT2D eigenvalue weighted by molar-refractivity contribution is 0.0953. The molecule has 5 nitrogen and oxygen atoms in total. The minimum Gasteiger partial charge on any atom is -0.504 e. The van der Waals surface area contributed by atoms with Crippen molar-refractivity contribution in [3.8, 4) is 11.5 Å². The van der Waals surface area contributed by atoms with E-state index in [1.54, 1.807) is 24.5 Å². The van der Waals surface area contributed by atoms with E-state index < -0.39 is 0 Å². The van der Waals surface area contributed by atoms with Gasteiger partial charge in [0.15, 0.2) is 11.5 Å². The van der Waals surface area contributed by atoms with E-state index in [2.05, 4.69) is 10.3 Å². The highest BCUT2D eigenvalue weighted by Crippen LogP contribution is 2.25. The van der Waals surface area contributed by atoms with Gasteiger partial charge in [-0.2, -0.15) is 0 Å². The fourth-order valence-corrected chi connectivity index (χ4v) is 1.80. The Morgan fingerprint density at radius 3 is 2.90 bits per heavy atom. The first kappa shape index (κ1) is 13.9. The van der Waals surface area contributed by atoms with Crippen LogP contribution in [0.2, 0.25) is 0 Å². The first-order valence-electron chi connectivity index (χ1n) is 6.25. The summed E-state index contributed by atoms with van der Waals surface area (Å²) >= 11 is 0. The second-order valence-corrected chi connectivity index (χ2v) is 4.25. The van der Waals surface area contributed by atoms with Gasteiger partial charge in [-0.1, -0.05) is 6.07 Å². The molecule has 0 unspecified atom stereocenters. The molecule has 0 fully saturated rings. The second-order valence-electron chi connectivity index (χ2n) is 4.25. The van der Waals surface area contributed by atoms with Gasteiger partial charge in [-0.05, 0) is 36.2 Å². The molecule has 20 heavy (non-hydrogen) atoms. The molecule has 0 bridgehead atoms. The van der Waals surface area contributed by atoms with Crippen LogP contribution in [0.5, 0.6) is 11.5 Å². The lowest BCUT2D eigenvalue weighted by Crippen LogP contribution is -2.25. The molecule has 0 atom stereocenters. The summed E-state index contributed by atoms with van der Waals surface area (Å²) in [6.45, 7) is 0.511. The normalized spacial score (nSPS) is 10.1. The van der Waals surface area contributed by atoms with Crippen molar-refractivity contribution in [1.29, 1.82) is 0 Å². The molecule has 104 valence electrons. The van der Waals surface area contributed by atoms with E-state index >= 15 is 0 Å². The molecule has 1 aromatic heterocycles. The number of rotatable bonds is 5. The van der Waals surface area contributed by atoms with Gasteiger partial charge in [-0.25, -0.2) is 0 Å². The van der Waals surface area contributed by atoms with E-state index in [1.165, 1.54) is 13.2 Å². The molecule has 1 heterocycles. The summed E-state index contributed by atoms with van der Waals surface area (Å²) in [7, 11) is 1.46. The van der Waals surface area contributed by atoms with E-state index in [4.69, 9.17) is 4.74 Å². The van der Waals surface area contributed by atoms with E-state index in [-0.39, 0.29) is 11.7 Å². The number of aromatic hydroxyl groups is 1. The van der Waals surface area contributed by atoms with Crippen LogP contribution in [0.4, 0.5) is 0 Å². The predicted molar refractivity (Wildman–Crippen MR) is 74.9 cm³/mol. The lowest BCUT2D eigenvalue weighted by Gasteiger charge is -2.07. The third kappa shape index (κ3) is 3.47. The van der Waals surface area contributed by atoms with Crippen molar-refractivity contribution in [3.63, 3.8) is 0 Å². The Balaban J connectivity index is 1.90. The monoisotopic (exact) mass is 272 g/mol. The number of carbonyl (C=O) groups excluding carboxylic acids is 1. The van der Waals surface area contributed by atoms with Crippen molar-refractivity contribution >= 4 is 5.91 Å². The molecule has 0 aliphatic heterocycles. The average Bonchev–Trinajstić information content (AvgIpc) is 2.48. The van der Waals surface area contributed by atoms with Gasteiger partial charge in [0.05, 0.1) is 7.11 Å². The predicted octanol–water partition coefficient (Wildman–Crippen LogP) is 1.77. The zero-order chi connectivity index (χ0) is 14.4. The number of amides is 1. The molecule has 0 aliphatic carbocycles. The van der Waals surface area contributed by atoms with Gasteiger partial charge < -0.3 is 15.2 Å². The molecule has 1 amide bonds. The quantitative estimate of drug-likeness (QED) is 0.870. The summed E-state index contributed by atoms with van der Waals surface area (Å²) in [6.07, 6.45) is 4.19. The fourth-order valence-electron chi connectivity index (χ4n) is 1.80. The van der Waals surface area contributed by atoms with Crippen molar-refractivity contribution < 1.29 is 14.6 Å². The van der Waals surface area contributed by atoms with Crippen molar-refractivity contribution in [2.75, 3.05) is 13.7 Å². The molecule has 2 rings (SSSR count). The van der Waals surface area contributed by atoms with Gasteiger partial charge >= 0.3 is 0 Å². The number of pyridine rings is 1. The smallest absolute Gasteiger partial charge is 0.251 e. The summed E-state index contributed by atoms with van der Waals surface area (Å²) in [5.41, 5.74) is 1.46. The maximum absolute atomic E-state index is 11.9. The van der Waals surface area contributed by atoms with Crippen LogP contribution >= 0.6 is 0 Å².